The van der Waals surface area contributed by atoms with Gasteiger partial charge in [0.1, 0.15) is 0 Å². The van der Waals surface area contributed by atoms with Crippen LogP contribution in [0, 0.1) is 18.3 Å². The molecule has 0 aliphatic heterocycles. The van der Waals surface area contributed by atoms with Crippen molar-refractivity contribution in [2.45, 2.75) is 17.8 Å². The minimum Gasteiger partial charge on any atom is -0.493 e. The fourth-order valence-corrected chi connectivity index (χ4v) is 2.27. The van der Waals surface area contributed by atoms with Crippen LogP contribution >= 0.6 is 11.8 Å². The molecule has 0 radical (unpaired) electrons. The van der Waals surface area contributed by atoms with Crippen molar-refractivity contribution >= 4 is 11.8 Å². The van der Waals surface area contributed by atoms with E-state index in [0.29, 0.717) is 16.5 Å². The van der Waals surface area contributed by atoms with Crippen molar-refractivity contribution in [2.75, 3.05) is 0 Å². The summed E-state index contributed by atoms with van der Waals surface area (Å²) in [5.41, 5.74) is 2.47. The first-order chi connectivity index (χ1) is 8.67. The van der Waals surface area contributed by atoms with E-state index < -0.39 is 0 Å². The van der Waals surface area contributed by atoms with E-state index in [0.717, 1.165) is 11.3 Å². The molecule has 0 atom stereocenters. The molecule has 0 unspecified atom stereocenters. The van der Waals surface area contributed by atoms with Crippen LogP contribution in [0.4, 0.5) is 0 Å². The third-order valence-electron chi connectivity index (χ3n) is 2.27. The Balaban J connectivity index is 2.04. The Hall–Kier alpha value is -2.06. The van der Waals surface area contributed by atoms with Crippen molar-refractivity contribution in [3.05, 3.63) is 47.2 Å². The van der Waals surface area contributed by atoms with Crippen molar-refractivity contribution in [1.82, 2.24) is 9.97 Å². The van der Waals surface area contributed by atoms with E-state index in [4.69, 9.17) is 5.26 Å². The highest BCUT2D eigenvalue weighted by atomic mass is 32.2. The molecule has 0 amide bonds. The summed E-state index contributed by atoms with van der Waals surface area (Å²) in [5.74, 6) is 0.694. The van der Waals surface area contributed by atoms with Crippen molar-refractivity contribution in [1.29, 1.82) is 5.26 Å². The number of thioether (sulfide) groups is 1. The lowest BCUT2D eigenvalue weighted by molar-refractivity contribution is 0.444. The molecular weight excluding hydrogens is 246 g/mol. The third kappa shape index (κ3) is 3.22. The third-order valence-corrected chi connectivity index (χ3v) is 3.19. The molecule has 0 saturated heterocycles. The Morgan fingerprint density at radius 2 is 2.00 bits per heavy atom. The van der Waals surface area contributed by atoms with Gasteiger partial charge in [0.2, 0.25) is 5.88 Å². The van der Waals surface area contributed by atoms with Gasteiger partial charge in [0.15, 0.2) is 5.16 Å². The fourth-order valence-electron chi connectivity index (χ4n) is 1.41. The summed E-state index contributed by atoms with van der Waals surface area (Å²) in [6.45, 7) is 1.81. The smallest absolute Gasteiger partial charge is 0.215 e. The second kappa shape index (κ2) is 5.52. The van der Waals surface area contributed by atoms with Crippen molar-refractivity contribution in [3.8, 4) is 11.9 Å². The number of hydrogen-bond acceptors (Lipinski definition) is 5. The van der Waals surface area contributed by atoms with Crippen molar-refractivity contribution in [3.63, 3.8) is 0 Å². The summed E-state index contributed by atoms with van der Waals surface area (Å²) in [6, 6.07) is 11.0. The highest BCUT2D eigenvalue weighted by Crippen LogP contribution is 2.21. The maximum Gasteiger partial charge on any atom is 0.215 e. The lowest BCUT2D eigenvalue weighted by Crippen LogP contribution is -1.90. The number of aromatic nitrogens is 2. The molecular formula is C13H11N3OS. The maximum atomic E-state index is 9.36. The van der Waals surface area contributed by atoms with Gasteiger partial charge in [-0.25, -0.2) is 4.98 Å². The van der Waals surface area contributed by atoms with Gasteiger partial charge >= 0.3 is 0 Å². The summed E-state index contributed by atoms with van der Waals surface area (Å²) in [4.78, 5) is 8.16. The average molecular weight is 257 g/mol. The molecule has 1 heterocycles. The maximum absolute atomic E-state index is 9.36. The molecule has 1 aromatic carbocycles. The predicted molar refractivity (Wildman–Crippen MR) is 69.2 cm³/mol. The lowest BCUT2D eigenvalue weighted by atomic mass is 10.2. The van der Waals surface area contributed by atoms with E-state index in [9.17, 15) is 5.11 Å². The number of rotatable bonds is 3. The van der Waals surface area contributed by atoms with Gasteiger partial charge in [-0.05, 0) is 24.6 Å². The van der Waals surface area contributed by atoms with E-state index in [1.807, 2.05) is 19.1 Å². The van der Waals surface area contributed by atoms with Gasteiger partial charge in [-0.2, -0.15) is 10.2 Å². The summed E-state index contributed by atoms with van der Waals surface area (Å²) in [7, 11) is 0. The summed E-state index contributed by atoms with van der Waals surface area (Å²) < 4.78 is 0. The minimum absolute atomic E-state index is 0.00942. The number of nitrogens with zero attached hydrogens (tertiary/aromatic N) is 3. The van der Waals surface area contributed by atoms with Crippen LogP contribution in [0.2, 0.25) is 0 Å². The first kappa shape index (κ1) is 12.4. The Bertz CT molecular complexity index is 570. The molecule has 4 nitrogen and oxygen atoms in total. The second-order valence-electron chi connectivity index (χ2n) is 3.75. The van der Waals surface area contributed by atoms with Crippen LogP contribution in [-0.2, 0) is 5.75 Å². The normalized spacial score (nSPS) is 10.0. The van der Waals surface area contributed by atoms with E-state index in [2.05, 4.69) is 16.0 Å². The van der Waals surface area contributed by atoms with Crippen LogP contribution in [0.1, 0.15) is 16.8 Å². The van der Waals surface area contributed by atoms with Gasteiger partial charge < -0.3 is 5.11 Å². The Labute approximate surface area is 109 Å². The minimum atomic E-state index is -0.00942. The fraction of sp³-hybridized carbons (Fsp3) is 0.154. The van der Waals surface area contributed by atoms with E-state index in [1.54, 1.807) is 12.1 Å². The van der Waals surface area contributed by atoms with Crippen molar-refractivity contribution in [2.24, 2.45) is 0 Å². The summed E-state index contributed by atoms with van der Waals surface area (Å²) in [6.07, 6.45) is 0. The highest BCUT2D eigenvalue weighted by Gasteiger charge is 2.02. The predicted octanol–water partition coefficient (Wildman–Crippen LogP) is 2.65. The van der Waals surface area contributed by atoms with Crippen LogP contribution < -0.4 is 0 Å². The van der Waals surface area contributed by atoms with Crippen LogP contribution in [-0.4, -0.2) is 15.1 Å². The zero-order valence-corrected chi connectivity index (χ0v) is 10.6. The number of nitriles is 1. The van der Waals surface area contributed by atoms with Gasteiger partial charge in [0, 0.05) is 17.5 Å². The van der Waals surface area contributed by atoms with Crippen LogP contribution in [0.25, 0.3) is 0 Å². The lowest BCUT2D eigenvalue weighted by Gasteiger charge is -2.02. The van der Waals surface area contributed by atoms with Gasteiger partial charge in [-0.3, -0.25) is 0 Å². The van der Waals surface area contributed by atoms with Crippen LogP contribution in [0.3, 0.4) is 0 Å². The number of hydrogen-bond donors (Lipinski definition) is 1. The Kier molecular flexibility index (Phi) is 3.80. The molecule has 18 heavy (non-hydrogen) atoms. The van der Waals surface area contributed by atoms with Crippen LogP contribution in [0.15, 0.2) is 35.5 Å². The molecule has 90 valence electrons. The molecule has 0 aliphatic rings. The van der Waals surface area contributed by atoms with Crippen molar-refractivity contribution < 1.29 is 5.11 Å². The van der Waals surface area contributed by atoms with Crippen LogP contribution in [0.5, 0.6) is 5.88 Å². The Morgan fingerprint density at radius 1 is 1.28 bits per heavy atom. The first-order valence-electron chi connectivity index (χ1n) is 5.34. The van der Waals surface area contributed by atoms with Gasteiger partial charge in [-0.1, -0.05) is 23.9 Å². The van der Waals surface area contributed by atoms with Gasteiger partial charge in [0.05, 0.1) is 11.6 Å². The standard InChI is InChI=1S/C13H11N3OS/c1-9-6-12(17)16-13(15-9)18-8-11-4-2-10(7-14)3-5-11/h2-6H,8H2,1H3,(H,15,16,17). The summed E-state index contributed by atoms with van der Waals surface area (Å²) in [5, 5.41) is 18.6. The summed E-state index contributed by atoms with van der Waals surface area (Å²) >= 11 is 1.45. The number of aryl methyl sites for hydroxylation is 1. The molecule has 0 saturated carbocycles. The molecule has 2 rings (SSSR count). The Morgan fingerprint density at radius 3 is 2.61 bits per heavy atom. The van der Waals surface area contributed by atoms with E-state index in [1.165, 1.54) is 17.8 Å². The number of aromatic hydroxyl groups is 1. The molecule has 1 N–H and O–H groups in total. The van der Waals surface area contributed by atoms with E-state index >= 15 is 0 Å². The van der Waals surface area contributed by atoms with Gasteiger partial charge in [-0.15, -0.1) is 0 Å². The molecule has 2 aromatic rings. The molecule has 0 bridgehead atoms. The highest BCUT2D eigenvalue weighted by molar-refractivity contribution is 7.98. The number of benzene rings is 1. The topological polar surface area (TPSA) is 69.8 Å². The molecule has 0 spiro atoms. The first-order valence-corrected chi connectivity index (χ1v) is 6.32. The van der Waals surface area contributed by atoms with E-state index in [-0.39, 0.29) is 5.88 Å². The molecule has 5 heteroatoms. The zero-order chi connectivity index (χ0) is 13.0. The largest absolute Gasteiger partial charge is 0.493 e. The average Bonchev–Trinajstić information content (AvgIpc) is 2.36. The monoisotopic (exact) mass is 257 g/mol. The quantitative estimate of drug-likeness (QED) is 0.676. The molecule has 0 fully saturated rings. The molecule has 1 aromatic heterocycles. The SMILES string of the molecule is Cc1cc(O)nc(SCc2ccc(C#N)cc2)n1. The second-order valence-corrected chi connectivity index (χ2v) is 4.69. The van der Waals surface area contributed by atoms with Gasteiger partial charge in [0.25, 0.3) is 0 Å². The zero-order valence-electron chi connectivity index (χ0n) is 9.79. The molecule has 0 aliphatic carbocycles.